The van der Waals surface area contributed by atoms with E-state index in [4.69, 9.17) is 12.2 Å². The monoisotopic (exact) mass is 282 g/mol. The SMILES string of the molecule is O=C1CCN(c2ccccc2)C(=S)N1c1ccccc1. The molecule has 0 saturated carbocycles. The van der Waals surface area contributed by atoms with Crippen molar-refractivity contribution in [1.82, 2.24) is 0 Å². The van der Waals surface area contributed by atoms with Crippen LogP contribution in [0.1, 0.15) is 6.42 Å². The first kappa shape index (κ1) is 12.8. The molecule has 0 aromatic heterocycles. The standard InChI is InChI=1S/C16H14N2OS/c19-15-11-12-17(13-7-3-1-4-8-13)16(20)18(15)14-9-5-2-6-10-14/h1-10H,11-12H2. The highest BCUT2D eigenvalue weighted by Gasteiger charge is 2.30. The molecular weight excluding hydrogens is 268 g/mol. The van der Waals surface area contributed by atoms with Crippen molar-refractivity contribution >= 4 is 34.6 Å². The molecule has 100 valence electrons. The number of carbonyl (C=O) groups excluding carboxylic acids is 1. The summed E-state index contributed by atoms with van der Waals surface area (Å²) in [6.45, 7) is 0.630. The lowest BCUT2D eigenvalue weighted by Crippen LogP contribution is -2.52. The zero-order valence-electron chi connectivity index (χ0n) is 10.9. The lowest BCUT2D eigenvalue weighted by atomic mass is 10.2. The average Bonchev–Trinajstić information content (AvgIpc) is 2.49. The van der Waals surface area contributed by atoms with Gasteiger partial charge in [-0.15, -0.1) is 0 Å². The number of carbonyl (C=O) groups is 1. The maximum absolute atomic E-state index is 12.2. The minimum atomic E-state index is 0.0494. The molecule has 1 saturated heterocycles. The van der Waals surface area contributed by atoms with Crippen LogP contribution in [0, 0.1) is 0 Å². The molecule has 2 aromatic carbocycles. The van der Waals surface area contributed by atoms with Crippen LogP contribution in [0.3, 0.4) is 0 Å². The lowest BCUT2D eigenvalue weighted by Gasteiger charge is -2.37. The van der Waals surface area contributed by atoms with Gasteiger partial charge in [0.1, 0.15) is 0 Å². The van der Waals surface area contributed by atoms with Gasteiger partial charge < -0.3 is 4.90 Å². The molecule has 1 aliphatic rings. The van der Waals surface area contributed by atoms with E-state index in [2.05, 4.69) is 0 Å². The number of para-hydroxylation sites is 2. The maximum atomic E-state index is 12.2. The third-order valence-corrected chi connectivity index (χ3v) is 3.71. The van der Waals surface area contributed by atoms with Crippen LogP contribution in [-0.4, -0.2) is 17.6 Å². The Balaban J connectivity index is 1.95. The van der Waals surface area contributed by atoms with Gasteiger partial charge in [0.2, 0.25) is 5.91 Å². The summed E-state index contributed by atoms with van der Waals surface area (Å²) >= 11 is 5.52. The summed E-state index contributed by atoms with van der Waals surface area (Å²) in [5.41, 5.74) is 1.84. The van der Waals surface area contributed by atoms with E-state index in [-0.39, 0.29) is 5.91 Å². The second kappa shape index (κ2) is 5.43. The van der Waals surface area contributed by atoms with E-state index in [0.717, 1.165) is 11.4 Å². The number of nitrogens with zero attached hydrogens (tertiary/aromatic N) is 2. The number of rotatable bonds is 2. The van der Waals surface area contributed by atoms with Gasteiger partial charge in [-0.3, -0.25) is 9.69 Å². The van der Waals surface area contributed by atoms with E-state index >= 15 is 0 Å². The van der Waals surface area contributed by atoms with Crippen LogP contribution < -0.4 is 9.80 Å². The first-order valence-corrected chi connectivity index (χ1v) is 6.93. The van der Waals surface area contributed by atoms with E-state index in [1.165, 1.54) is 0 Å². The Hall–Kier alpha value is -2.20. The fourth-order valence-corrected chi connectivity index (χ4v) is 2.73. The van der Waals surface area contributed by atoms with Crippen LogP contribution in [-0.2, 0) is 4.79 Å². The predicted octanol–water partition coefficient (Wildman–Crippen LogP) is 3.21. The summed E-state index contributed by atoms with van der Waals surface area (Å²) in [6, 6.07) is 19.5. The first-order valence-electron chi connectivity index (χ1n) is 6.52. The van der Waals surface area contributed by atoms with Crippen LogP contribution in [0.4, 0.5) is 11.4 Å². The van der Waals surface area contributed by atoms with Crippen molar-refractivity contribution in [2.45, 2.75) is 6.42 Å². The van der Waals surface area contributed by atoms with E-state index in [1.54, 1.807) is 4.90 Å². The summed E-state index contributed by atoms with van der Waals surface area (Å²) in [5.74, 6) is 0.0494. The molecule has 0 N–H and O–H groups in total. The minimum absolute atomic E-state index is 0.0494. The smallest absolute Gasteiger partial charge is 0.235 e. The maximum Gasteiger partial charge on any atom is 0.235 e. The van der Waals surface area contributed by atoms with E-state index < -0.39 is 0 Å². The van der Waals surface area contributed by atoms with Gasteiger partial charge in [-0.1, -0.05) is 36.4 Å². The normalized spacial score (nSPS) is 15.6. The van der Waals surface area contributed by atoms with Gasteiger partial charge in [0, 0.05) is 18.7 Å². The lowest BCUT2D eigenvalue weighted by molar-refractivity contribution is -0.117. The van der Waals surface area contributed by atoms with Gasteiger partial charge in [0.15, 0.2) is 5.11 Å². The second-order valence-electron chi connectivity index (χ2n) is 4.58. The van der Waals surface area contributed by atoms with E-state index in [1.807, 2.05) is 65.6 Å². The molecule has 2 aromatic rings. The molecule has 1 aliphatic heterocycles. The van der Waals surface area contributed by atoms with Gasteiger partial charge >= 0.3 is 0 Å². The fraction of sp³-hybridized carbons (Fsp3) is 0.125. The van der Waals surface area contributed by atoms with Gasteiger partial charge in [0.05, 0.1) is 5.69 Å². The fourth-order valence-electron chi connectivity index (χ4n) is 2.32. The summed E-state index contributed by atoms with van der Waals surface area (Å²) in [4.78, 5) is 15.8. The molecule has 0 atom stereocenters. The molecule has 1 heterocycles. The highest BCUT2D eigenvalue weighted by atomic mass is 32.1. The first-order chi connectivity index (χ1) is 9.77. The number of hydrogen-bond acceptors (Lipinski definition) is 2. The van der Waals surface area contributed by atoms with Gasteiger partial charge in [-0.25, -0.2) is 0 Å². The van der Waals surface area contributed by atoms with Crippen molar-refractivity contribution in [3.63, 3.8) is 0 Å². The molecule has 1 amide bonds. The molecular formula is C16H14N2OS. The van der Waals surface area contributed by atoms with Crippen LogP contribution >= 0.6 is 12.2 Å². The number of anilines is 2. The Morgan fingerprint density at radius 1 is 0.850 bits per heavy atom. The molecule has 1 fully saturated rings. The zero-order chi connectivity index (χ0) is 13.9. The Kier molecular flexibility index (Phi) is 3.48. The Labute approximate surface area is 123 Å². The third kappa shape index (κ3) is 2.30. The summed E-state index contributed by atoms with van der Waals surface area (Å²) in [5, 5.41) is 0.540. The molecule has 0 unspecified atom stereocenters. The Bertz CT molecular complexity index is 627. The van der Waals surface area contributed by atoms with Gasteiger partial charge in [-0.05, 0) is 36.5 Å². The third-order valence-electron chi connectivity index (χ3n) is 3.30. The van der Waals surface area contributed by atoms with Crippen molar-refractivity contribution in [3.8, 4) is 0 Å². The highest BCUT2D eigenvalue weighted by molar-refractivity contribution is 7.81. The van der Waals surface area contributed by atoms with Crippen molar-refractivity contribution in [1.29, 1.82) is 0 Å². The summed E-state index contributed by atoms with van der Waals surface area (Å²) in [7, 11) is 0. The predicted molar refractivity (Wildman–Crippen MR) is 84.9 cm³/mol. The van der Waals surface area contributed by atoms with Crippen LogP contribution in [0.5, 0.6) is 0 Å². The minimum Gasteiger partial charge on any atom is -0.318 e. The highest BCUT2D eigenvalue weighted by Crippen LogP contribution is 2.25. The van der Waals surface area contributed by atoms with Crippen molar-refractivity contribution in [2.75, 3.05) is 16.3 Å². The molecule has 0 radical (unpaired) electrons. The Morgan fingerprint density at radius 2 is 1.40 bits per heavy atom. The van der Waals surface area contributed by atoms with Crippen molar-refractivity contribution in [3.05, 3.63) is 60.7 Å². The van der Waals surface area contributed by atoms with E-state index in [0.29, 0.717) is 18.1 Å². The topological polar surface area (TPSA) is 23.6 Å². The van der Waals surface area contributed by atoms with Crippen molar-refractivity contribution in [2.24, 2.45) is 0 Å². The molecule has 20 heavy (non-hydrogen) atoms. The summed E-state index contributed by atoms with van der Waals surface area (Å²) < 4.78 is 0. The zero-order valence-corrected chi connectivity index (χ0v) is 11.7. The van der Waals surface area contributed by atoms with Crippen LogP contribution in [0.25, 0.3) is 0 Å². The molecule has 3 rings (SSSR count). The van der Waals surface area contributed by atoms with Gasteiger partial charge in [-0.2, -0.15) is 0 Å². The Morgan fingerprint density at radius 3 is 2.00 bits per heavy atom. The average molecular weight is 282 g/mol. The quantitative estimate of drug-likeness (QED) is 0.790. The van der Waals surface area contributed by atoms with Gasteiger partial charge in [0.25, 0.3) is 0 Å². The molecule has 0 aliphatic carbocycles. The largest absolute Gasteiger partial charge is 0.318 e. The summed E-state index contributed by atoms with van der Waals surface area (Å²) in [6.07, 6.45) is 0.462. The number of benzene rings is 2. The number of amides is 1. The molecule has 0 spiro atoms. The van der Waals surface area contributed by atoms with Crippen LogP contribution in [0.15, 0.2) is 60.7 Å². The molecule has 0 bridgehead atoms. The number of hydrogen-bond donors (Lipinski definition) is 0. The number of thiocarbonyl (C=S) groups is 1. The second-order valence-corrected chi connectivity index (χ2v) is 4.95. The molecule has 4 heteroatoms. The molecule has 3 nitrogen and oxygen atoms in total. The van der Waals surface area contributed by atoms with E-state index in [9.17, 15) is 4.79 Å². The van der Waals surface area contributed by atoms with Crippen molar-refractivity contribution < 1.29 is 4.79 Å². The van der Waals surface area contributed by atoms with Crippen LogP contribution in [0.2, 0.25) is 0 Å².